The Morgan fingerprint density at radius 1 is 1.14 bits per heavy atom. The van der Waals surface area contributed by atoms with Crippen LogP contribution in [0.5, 0.6) is 0 Å². The number of ether oxygens (including phenoxy) is 3. The standard InChI is InChI=1S/C8H11O6/c1-5(9)13-4-7(8(11)12-3)14-6(2)10/h4,7H,1-3H3. The lowest BCUT2D eigenvalue weighted by molar-refractivity contribution is -0.166. The van der Waals surface area contributed by atoms with Crippen LogP contribution in [0.2, 0.25) is 0 Å². The van der Waals surface area contributed by atoms with Crippen molar-refractivity contribution in [1.82, 2.24) is 0 Å². The quantitative estimate of drug-likeness (QED) is 0.465. The first-order valence-corrected chi connectivity index (χ1v) is 3.73. The fourth-order valence-electron chi connectivity index (χ4n) is 0.584. The highest BCUT2D eigenvalue weighted by atomic mass is 16.6. The van der Waals surface area contributed by atoms with Crippen LogP contribution in [0, 0.1) is 6.61 Å². The average molecular weight is 203 g/mol. The Balaban J connectivity index is 4.17. The van der Waals surface area contributed by atoms with Gasteiger partial charge in [-0.2, -0.15) is 0 Å². The van der Waals surface area contributed by atoms with Crippen LogP contribution in [0.1, 0.15) is 13.8 Å². The van der Waals surface area contributed by atoms with E-state index in [1.54, 1.807) is 0 Å². The summed E-state index contributed by atoms with van der Waals surface area (Å²) in [5.74, 6) is -2.11. The molecule has 0 fully saturated rings. The Bertz CT molecular complexity index is 234. The van der Waals surface area contributed by atoms with Gasteiger partial charge in [0.2, 0.25) is 6.10 Å². The summed E-state index contributed by atoms with van der Waals surface area (Å²) in [6.07, 6.45) is -1.32. The first-order chi connectivity index (χ1) is 6.47. The number of hydrogen-bond acceptors (Lipinski definition) is 6. The van der Waals surface area contributed by atoms with Gasteiger partial charge in [-0.3, -0.25) is 9.59 Å². The van der Waals surface area contributed by atoms with Gasteiger partial charge in [-0.25, -0.2) is 4.79 Å². The lowest BCUT2D eigenvalue weighted by Gasteiger charge is -2.12. The molecule has 0 heterocycles. The fourth-order valence-corrected chi connectivity index (χ4v) is 0.584. The SMILES string of the molecule is COC(=O)C([CH]OC(C)=O)OC(C)=O. The Morgan fingerprint density at radius 3 is 2.07 bits per heavy atom. The van der Waals surface area contributed by atoms with Gasteiger partial charge < -0.3 is 14.2 Å². The summed E-state index contributed by atoms with van der Waals surface area (Å²) in [5.41, 5.74) is 0. The Hall–Kier alpha value is -1.59. The minimum absolute atomic E-state index is 0.619. The van der Waals surface area contributed by atoms with E-state index in [-0.39, 0.29) is 0 Å². The number of rotatable bonds is 4. The number of carbonyl (C=O) groups is 3. The van der Waals surface area contributed by atoms with Gasteiger partial charge >= 0.3 is 17.9 Å². The zero-order chi connectivity index (χ0) is 11.1. The largest absolute Gasteiger partial charge is 0.466 e. The summed E-state index contributed by atoms with van der Waals surface area (Å²) in [6, 6.07) is 0. The number of hydrogen-bond donors (Lipinski definition) is 0. The van der Waals surface area contributed by atoms with Crippen molar-refractivity contribution >= 4 is 17.9 Å². The fraction of sp³-hybridized carbons (Fsp3) is 0.500. The van der Waals surface area contributed by atoms with Gasteiger partial charge in [0, 0.05) is 13.8 Å². The van der Waals surface area contributed by atoms with Gasteiger partial charge in [-0.15, -0.1) is 0 Å². The van der Waals surface area contributed by atoms with Crippen molar-refractivity contribution < 1.29 is 28.6 Å². The summed E-state index contributed by atoms with van der Waals surface area (Å²) in [6.45, 7) is 3.08. The van der Waals surface area contributed by atoms with Crippen molar-refractivity contribution in [3.8, 4) is 0 Å². The van der Waals surface area contributed by atoms with E-state index in [0.717, 1.165) is 27.6 Å². The van der Waals surface area contributed by atoms with E-state index in [1.165, 1.54) is 0 Å². The number of methoxy groups -OCH3 is 1. The molecule has 0 aliphatic rings. The van der Waals surface area contributed by atoms with Crippen molar-refractivity contribution in [3.05, 3.63) is 6.61 Å². The summed E-state index contributed by atoms with van der Waals surface area (Å²) in [4.78, 5) is 31.9. The minimum atomic E-state index is -1.32. The Kier molecular flexibility index (Phi) is 5.28. The molecule has 0 aromatic carbocycles. The maximum absolute atomic E-state index is 10.9. The van der Waals surface area contributed by atoms with Crippen LogP contribution in [0.25, 0.3) is 0 Å². The van der Waals surface area contributed by atoms with E-state index in [9.17, 15) is 14.4 Å². The molecule has 6 heteroatoms. The van der Waals surface area contributed by atoms with E-state index in [0.29, 0.717) is 0 Å². The van der Waals surface area contributed by atoms with E-state index in [1.807, 2.05) is 0 Å². The summed E-state index contributed by atoms with van der Waals surface area (Å²) in [7, 11) is 1.13. The molecule has 0 spiro atoms. The van der Waals surface area contributed by atoms with Crippen molar-refractivity contribution in [2.45, 2.75) is 20.0 Å². The van der Waals surface area contributed by atoms with Crippen molar-refractivity contribution in [2.24, 2.45) is 0 Å². The topological polar surface area (TPSA) is 78.9 Å². The van der Waals surface area contributed by atoms with E-state index in [4.69, 9.17) is 0 Å². The molecule has 79 valence electrons. The predicted octanol–water partition coefficient (Wildman–Crippen LogP) is -0.184. The molecule has 1 radical (unpaired) electrons. The molecule has 0 aliphatic heterocycles. The molecule has 6 nitrogen and oxygen atoms in total. The van der Waals surface area contributed by atoms with Crippen molar-refractivity contribution in [3.63, 3.8) is 0 Å². The zero-order valence-corrected chi connectivity index (χ0v) is 8.10. The molecule has 1 unspecified atom stereocenters. The van der Waals surface area contributed by atoms with Crippen LogP contribution in [-0.4, -0.2) is 31.1 Å². The van der Waals surface area contributed by atoms with Crippen LogP contribution < -0.4 is 0 Å². The second kappa shape index (κ2) is 5.95. The molecule has 0 aliphatic carbocycles. The summed E-state index contributed by atoms with van der Waals surface area (Å²) in [5, 5.41) is 0. The molecule has 0 amide bonds. The number of esters is 3. The molecule has 0 aromatic rings. The second-order valence-electron chi connectivity index (χ2n) is 2.30. The normalized spacial score (nSPS) is 11.4. The van der Waals surface area contributed by atoms with Crippen LogP contribution in [0.4, 0.5) is 0 Å². The zero-order valence-electron chi connectivity index (χ0n) is 8.10. The molecule has 0 bridgehead atoms. The lowest BCUT2D eigenvalue weighted by Crippen LogP contribution is -2.29. The first-order valence-electron chi connectivity index (χ1n) is 3.73. The van der Waals surface area contributed by atoms with E-state index >= 15 is 0 Å². The molecule has 1 atom stereocenters. The highest BCUT2D eigenvalue weighted by Gasteiger charge is 2.24. The highest BCUT2D eigenvalue weighted by Crippen LogP contribution is 2.02. The predicted molar refractivity (Wildman–Crippen MR) is 43.6 cm³/mol. The number of carbonyl (C=O) groups excluding carboxylic acids is 3. The molecular weight excluding hydrogens is 192 g/mol. The summed E-state index contributed by atoms with van der Waals surface area (Å²) >= 11 is 0. The van der Waals surface area contributed by atoms with E-state index < -0.39 is 24.0 Å². The van der Waals surface area contributed by atoms with E-state index in [2.05, 4.69) is 14.2 Å². The van der Waals surface area contributed by atoms with Gasteiger partial charge in [0.05, 0.1) is 7.11 Å². The van der Waals surface area contributed by atoms with Crippen LogP contribution in [0.3, 0.4) is 0 Å². The molecular formula is C8H11O6. The molecule has 0 saturated carbocycles. The third-order valence-corrected chi connectivity index (χ3v) is 1.08. The minimum Gasteiger partial charge on any atom is -0.466 e. The molecule has 0 N–H and O–H groups in total. The maximum atomic E-state index is 10.9. The smallest absolute Gasteiger partial charge is 0.351 e. The monoisotopic (exact) mass is 203 g/mol. The molecule has 0 rings (SSSR count). The van der Waals surface area contributed by atoms with Gasteiger partial charge in [0.25, 0.3) is 0 Å². The van der Waals surface area contributed by atoms with Gasteiger partial charge in [0.15, 0.2) is 6.61 Å². The molecule has 0 aromatic heterocycles. The molecule has 0 saturated heterocycles. The maximum Gasteiger partial charge on any atom is 0.351 e. The second-order valence-corrected chi connectivity index (χ2v) is 2.30. The van der Waals surface area contributed by atoms with Crippen molar-refractivity contribution in [1.29, 1.82) is 0 Å². The Morgan fingerprint density at radius 2 is 1.71 bits per heavy atom. The highest BCUT2D eigenvalue weighted by molar-refractivity contribution is 5.80. The third kappa shape index (κ3) is 5.13. The van der Waals surface area contributed by atoms with Gasteiger partial charge in [-0.1, -0.05) is 0 Å². The lowest BCUT2D eigenvalue weighted by atomic mass is 10.4. The van der Waals surface area contributed by atoms with Gasteiger partial charge in [-0.05, 0) is 0 Å². The van der Waals surface area contributed by atoms with Gasteiger partial charge in [0.1, 0.15) is 0 Å². The Labute approximate surface area is 81.1 Å². The molecule has 14 heavy (non-hydrogen) atoms. The van der Waals surface area contributed by atoms with Crippen LogP contribution in [-0.2, 0) is 28.6 Å². The average Bonchev–Trinajstić information content (AvgIpc) is 2.10. The third-order valence-electron chi connectivity index (χ3n) is 1.08. The van der Waals surface area contributed by atoms with Crippen molar-refractivity contribution in [2.75, 3.05) is 7.11 Å². The first kappa shape index (κ1) is 12.4. The van der Waals surface area contributed by atoms with Crippen LogP contribution >= 0.6 is 0 Å². The van der Waals surface area contributed by atoms with Crippen LogP contribution in [0.15, 0.2) is 0 Å². The summed E-state index contributed by atoms with van der Waals surface area (Å²) < 4.78 is 13.2.